The molecule has 3 nitrogen and oxygen atoms in total. The molecule has 0 aliphatic heterocycles. The molecule has 0 bridgehead atoms. The van der Waals surface area contributed by atoms with Crippen LogP contribution in [0.1, 0.15) is 223 Å². The highest BCUT2D eigenvalue weighted by molar-refractivity contribution is 5.69. The van der Waals surface area contributed by atoms with Gasteiger partial charge in [0.15, 0.2) is 0 Å². The summed E-state index contributed by atoms with van der Waals surface area (Å²) in [5.74, 6) is 10.3. The van der Waals surface area contributed by atoms with Crippen LogP contribution in [0.15, 0.2) is 23.3 Å². The normalized spacial score (nSPS) is 44.2. The van der Waals surface area contributed by atoms with Crippen molar-refractivity contribution >= 4 is 5.97 Å². The molecule has 16 atom stereocenters. The highest BCUT2D eigenvalue weighted by Gasteiger charge is 2.60. The Bertz CT molecular complexity index is 1530. The summed E-state index contributed by atoms with van der Waals surface area (Å²) < 4.78 is 4.89. The molecule has 8 aliphatic carbocycles. The zero-order valence-corrected chi connectivity index (χ0v) is 41.3. The maximum atomic E-state index is 11.6. The minimum Gasteiger partial charge on any atom is -0.469 e. The molecule has 3 heteroatoms. The van der Waals surface area contributed by atoms with Crippen molar-refractivity contribution in [3.63, 3.8) is 0 Å². The molecule has 0 spiro atoms. The summed E-state index contributed by atoms with van der Waals surface area (Å²) in [6.45, 7) is 24.9. The number of ether oxygens (including phenoxy) is 1. The van der Waals surface area contributed by atoms with Crippen molar-refractivity contribution < 1.29 is 14.6 Å². The first-order chi connectivity index (χ1) is 28.5. The van der Waals surface area contributed by atoms with Gasteiger partial charge >= 0.3 is 5.97 Å². The maximum Gasteiger partial charge on any atom is 0.305 e. The van der Waals surface area contributed by atoms with E-state index in [1.807, 2.05) is 11.1 Å². The van der Waals surface area contributed by atoms with Gasteiger partial charge in [0.05, 0.1) is 12.7 Å². The fourth-order valence-electron chi connectivity index (χ4n) is 18.3. The van der Waals surface area contributed by atoms with Crippen LogP contribution in [0.5, 0.6) is 0 Å². The first-order valence-electron chi connectivity index (χ1n) is 26.6. The molecule has 1 N–H and O–H groups in total. The van der Waals surface area contributed by atoms with Crippen LogP contribution in [0.2, 0.25) is 0 Å². The van der Waals surface area contributed by atoms with E-state index in [1.54, 1.807) is 0 Å². The van der Waals surface area contributed by atoms with Gasteiger partial charge in [0.1, 0.15) is 0 Å². The van der Waals surface area contributed by atoms with Crippen LogP contribution in [0.4, 0.5) is 0 Å². The lowest BCUT2D eigenvalue weighted by atomic mass is 9.46. The van der Waals surface area contributed by atoms with E-state index in [4.69, 9.17) is 4.74 Å². The van der Waals surface area contributed by atoms with Crippen molar-refractivity contribution in [1.29, 1.82) is 0 Å². The summed E-state index contributed by atoms with van der Waals surface area (Å²) >= 11 is 0. The second-order valence-electron chi connectivity index (χ2n) is 25.0. The molecule has 6 saturated carbocycles. The molecule has 8 rings (SSSR count). The first kappa shape index (κ1) is 46.9. The van der Waals surface area contributed by atoms with Gasteiger partial charge in [-0.25, -0.2) is 0 Å². The van der Waals surface area contributed by atoms with E-state index in [1.165, 1.54) is 116 Å². The van der Waals surface area contributed by atoms with Crippen LogP contribution < -0.4 is 0 Å². The standard InChI is InChI=1S/C31H54O.C26H42O2/c1-7-16-31(32,17-8-2)20-14-23(4)26-11-12-27-25-10-9-24-21-22(3)13-18-29(24,5)28(25)15-19-30(26,27)6;1-17-12-14-25(3)19(16-17)7-8-20-22-10-9-21(18(2)6-11-24(27)28-5)26(22,4)15-13-23(20)25/h9,22-23,25-28,32H,7-8,10-21H2,1-6H3;7,17-18,20-23H,6,8-16H2,1-5H3/t22-,23+,25-,26+,27-,28-,29-,30+;17-,18+,20-,21+,22-,23-,25-,26+/m00/s1. The summed E-state index contributed by atoms with van der Waals surface area (Å²) in [5.41, 5.74) is 5.28. The number of rotatable bonds is 12. The van der Waals surface area contributed by atoms with E-state index < -0.39 is 5.60 Å². The Labute approximate surface area is 371 Å². The molecule has 60 heavy (non-hydrogen) atoms. The fourth-order valence-corrected chi connectivity index (χ4v) is 18.3. The van der Waals surface area contributed by atoms with E-state index in [0.717, 1.165) is 104 Å². The van der Waals surface area contributed by atoms with Gasteiger partial charge in [-0.05, 0) is 228 Å². The molecule has 0 aromatic heterocycles. The third-order valence-electron chi connectivity index (χ3n) is 21.7. The number of allylic oxidation sites excluding steroid dienone is 4. The largest absolute Gasteiger partial charge is 0.469 e. The van der Waals surface area contributed by atoms with Gasteiger partial charge in [-0.1, -0.05) is 105 Å². The van der Waals surface area contributed by atoms with Crippen LogP contribution in [0.25, 0.3) is 0 Å². The average molecular weight is 829 g/mol. The molecule has 0 radical (unpaired) electrons. The van der Waals surface area contributed by atoms with Crippen LogP contribution in [-0.4, -0.2) is 23.8 Å². The van der Waals surface area contributed by atoms with Crippen LogP contribution >= 0.6 is 0 Å². The van der Waals surface area contributed by atoms with Crippen molar-refractivity contribution in [3.05, 3.63) is 23.3 Å². The van der Waals surface area contributed by atoms with Crippen LogP contribution in [-0.2, 0) is 9.53 Å². The molecule has 0 amide bonds. The van der Waals surface area contributed by atoms with Crippen LogP contribution in [0.3, 0.4) is 0 Å². The summed E-state index contributed by atoms with van der Waals surface area (Å²) in [6, 6.07) is 0. The predicted octanol–water partition coefficient (Wildman–Crippen LogP) is 15.7. The lowest BCUT2D eigenvalue weighted by molar-refractivity contribution is -0.141. The second kappa shape index (κ2) is 18.4. The Morgan fingerprint density at radius 1 is 0.667 bits per heavy atom. The number of carbonyl (C=O) groups excluding carboxylic acids is 1. The zero-order chi connectivity index (χ0) is 43.3. The number of fused-ring (bicyclic) bond motifs is 10. The van der Waals surface area contributed by atoms with E-state index >= 15 is 0 Å². The van der Waals surface area contributed by atoms with Gasteiger partial charge in [0, 0.05) is 6.42 Å². The maximum absolute atomic E-state index is 11.6. The molecule has 0 aromatic carbocycles. The van der Waals surface area contributed by atoms with Crippen molar-refractivity contribution in [2.24, 2.45) is 92.7 Å². The monoisotopic (exact) mass is 829 g/mol. The van der Waals surface area contributed by atoms with E-state index in [9.17, 15) is 9.90 Å². The Kier molecular flexibility index (Phi) is 14.4. The molecular formula is C57H96O3. The summed E-state index contributed by atoms with van der Waals surface area (Å²) in [7, 11) is 1.51. The topological polar surface area (TPSA) is 46.5 Å². The highest BCUT2D eigenvalue weighted by atomic mass is 16.5. The lowest BCUT2D eigenvalue weighted by Gasteiger charge is -2.58. The number of hydrogen-bond donors (Lipinski definition) is 1. The minimum absolute atomic E-state index is 0.0420. The highest BCUT2D eigenvalue weighted by Crippen LogP contribution is 2.69. The Morgan fingerprint density at radius 3 is 1.55 bits per heavy atom. The van der Waals surface area contributed by atoms with E-state index in [2.05, 4.69) is 81.4 Å². The summed E-state index contributed by atoms with van der Waals surface area (Å²) in [5, 5.41) is 11.2. The molecular weight excluding hydrogens is 733 g/mol. The average Bonchev–Trinajstić information content (AvgIpc) is 3.77. The number of aliphatic hydroxyl groups is 1. The minimum atomic E-state index is -0.411. The Morgan fingerprint density at radius 2 is 1.12 bits per heavy atom. The number of methoxy groups -OCH3 is 1. The Balaban J connectivity index is 0.000000183. The molecule has 342 valence electrons. The van der Waals surface area contributed by atoms with Gasteiger partial charge in [-0.2, -0.15) is 0 Å². The number of hydrogen-bond acceptors (Lipinski definition) is 3. The molecule has 0 saturated heterocycles. The zero-order valence-electron chi connectivity index (χ0n) is 41.3. The summed E-state index contributed by atoms with van der Waals surface area (Å²) in [6.07, 6.45) is 36.0. The quantitative estimate of drug-likeness (QED) is 0.157. The van der Waals surface area contributed by atoms with Crippen LogP contribution in [0, 0.1) is 92.7 Å². The fraction of sp³-hybridized carbons (Fsp3) is 0.912. The van der Waals surface area contributed by atoms with Gasteiger partial charge in [-0.15, -0.1) is 0 Å². The Hall–Kier alpha value is -1.09. The number of carbonyl (C=O) groups is 1. The first-order valence-corrected chi connectivity index (χ1v) is 26.6. The molecule has 0 heterocycles. The molecule has 0 unspecified atom stereocenters. The SMILES string of the molecule is CCCC(O)(CCC)CC[C@@H](C)[C@H]1CC[C@H]2[C@@H]3CC=C4C[C@@H](C)CC[C@]4(C)[C@H]3CC[C@]12C.COC(=O)CC[C@@H](C)[C@H]1CC[C@H]2[C@@H]3CC=C4C[C@@H](C)CC[C@]4(C)[C@H]3CC[C@]12C. The van der Waals surface area contributed by atoms with Crippen molar-refractivity contribution in [2.45, 2.75) is 229 Å². The van der Waals surface area contributed by atoms with Gasteiger partial charge in [0.2, 0.25) is 0 Å². The summed E-state index contributed by atoms with van der Waals surface area (Å²) in [4.78, 5) is 11.6. The van der Waals surface area contributed by atoms with Gasteiger partial charge < -0.3 is 9.84 Å². The van der Waals surface area contributed by atoms with E-state index in [-0.39, 0.29) is 5.97 Å². The second-order valence-corrected chi connectivity index (χ2v) is 25.0. The van der Waals surface area contributed by atoms with Crippen molar-refractivity contribution in [2.75, 3.05) is 7.11 Å². The predicted molar refractivity (Wildman–Crippen MR) is 252 cm³/mol. The molecule has 0 aromatic rings. The third-order valence-corrected chi connectivity index (χ3v) is 21.7. The lowest BCUT2D eigenvalue weighted by Crippen LogP contribution is -2.50. The van der Waals surface area contributed by atoms with Crippen molar-refractivity contribution in [1.82, 2.24) is 0 Å². The van der Waals surface area contributed by atoms with Gasteiger partial charge in [-0.3, -0.25) is 4.79 Å². The van der Waals surface area contributed by atoms with Crippen molar-refractivity contribution in [3.8, 4) is 0 Å². The smallest absolute Gasteiger partial charge is 0.305 e. The molecule has 8 aliphatic rings. The molecule has 6 fully saturated rings. The third kappa shape index (κ3) is 8.59. The van der Waals surface area contributed by atoms with Gasteiger partial charge in [0.25, 0.3) is 0 Å². The van der Waals surface area contributed by atoms with E-state index in [0.29, 0.717) is 34.0 Å². The number of esters is 1.